The second-order valence-corrected chi connectivity index (χ2v) is 4.10. The van der Waals surface area contributed by atoms with Crippen molar-refractivity contribution in [2.75, 3.05) is 0 Å². The molecule has 1 heteroatoms. The summed E-state index contributed by atoms with van der Waals surface area (Å²) < 4.78 is 4.79. The standard InChI is InChI=1S/C6H8.Sb/c1-5(2)6(3)4;/h1,3H,2,4H3;. The van der Waals surface area contributed by atoms with Crippen LogP contribution in [0, 0.1) is 0 Å². The molecule has 1 aliphatic rings. The van der Waals surface area contributed by atoms with Crippen LogP contribution < -0.4 is 0 Å². The SMILES string of the molecule is CC1=[CH][Sb][CH]=C1C. The van der Waals surface area contributed by atoms with Gasteiger partial charge in [0.05, 0.1) is 0 Å². The molecule has 0 spiro atoms. The van der Waals surface area contributed by atoms with Gasteiger partial charge in [0, 0.05) is 0 Å². The Morgan fingerprint density at radius 3 is 1.71 bits per heavy atom. The molecule has 0 aromatic carbocycles. The van der Waals surface area contributed by atoms with E-state index in [2.05, 4.69) is 21.9 Å². The van der Waals surface area contributed by atoms with Gasteiger partial charge in [-0.1, -0.05) is 0 Å². The zero-order valence-corrected chi connectivity index (χ0v) is 7.15. The van der Waals surface area contributed by atoms with Crippen molar-refractivity contribution in [3.05, 3.63) is 19.2 Å². The molecule has 0 aromatic rings. The van der Waals surface area contributed by atoms with E-state index in [-0.39, 0.29) is 21.6 Å². The summed E-state index contributed by atoms with van der Waals surface area (Å²) in [5.74, 6) is 0. The van der Waals surface area contributed by atoms with Gasteiger partial charge in [0.2, 0.25) is 0 Å². The van der Waals surface area contributed by atoms with Crippen LogP contribution >= 0.6 is 0 Å². The first-order valence-corrected chi connectivity index (χ1v) is 5.29. The molecule has 0 saturated carbocycles. The minimum atomic E-state index is 0.0421. The van der Waals surface area contributed by atoms with E-state index >= 15 is 0 Å². The predicted molar refractivity (Wildman–Crippen MR) is 33.3 cm³/mol. The quantitative estimate of drug-likeness (QED) is 0.522. The molecule has 0 N–H and O–H groups in total. The number of rotatable bonds is 0. The monoisotopic (exact) mass is 201 g/mol. The summed E-state index contributed by atoms with van der Waals surface area (Å²) in [6.45, 7) is 4.38. The van der Waals surface area contributed by atoms with Crippen LogP contribution in [0.2, 0.25) is 0 Å². The van der Waals surface area contributed by atoms with Crippen LogP contribution in [0.4, 0.5) is 0 Å². The molecule has 1 rings (SSSR count). The molecule has 0 bridgehead atoms. The van der Waals surface area contributed by atoms with Crippen molar-refractivity contribution in [1.29, 1.82) is 0 Å². The maximum absolute atomic E-state index is 2.40. The molecular weight excluding hydrogens is 194 g/mol. The summed E-state index contributed by atoms with van der Waals surface area (Å²) in [4.78, 5) is 0. The molecule has 0 saturated heterocycles. The van der Waals surface area contributed by atoms with Crippen LogP contribution in [0.5, 0.6) is 0 Å². The average molecular weight is 202 g/mol. The molecule has 0 amide bonds. The molecule has 7 heavy (non-hydrogen) atoms. The van der Waals surface area contributed by atoms with Crippen molar-refractivity contribution in [2.24, 2.45) is 0 Å². The Kier molecular flexibility index (Phi) is 1.59. The summed E-state index contributed by atoms with van der Waals surface area (Å²) in [6.07, 6.45) is 0. The Labute approximate surface area is 54.8 Å². The van der Waals surface area contributed by atoms with Gasteiger partial charge in [-0.05, 0) is 0 Å². The first kappa shape index (κ1) is 5.44. The Balaban J connectivity index is 2.78. The molecule has 0 nitrogen and oxygen atoms in total. The van der Waals surface area contributed by atoms with Crippen LogP contribution in [-0.4, -0.2) is 21.6 Å². The van der Waals surface area contributed by atoms with Gasteiger partial charge in [0.1, 0.15) is 0 Å². The minimum absolute atomic E-state index is 0.0421. The van der Waals surface area contributed by atoms with Crippen LogP contribution in [0.25, 0.3) is 0 Å². The molecule has 37 valence electrons. The van der Waals surface area contributed by atoms with Crippen LogP contribution in [0.1, 0.15) is 13.8 Å². The third-order valence-corrected chi connectivity index (χ3v) is 4.22. The summed E-state index contributed by atoms with van der Waals surface area (Å²) in [6, 6.07) is 0. The third kappa shape index (κ3) is 1.10. The van der Waals surface area contributed by atoms with Crippen LogP contribution in [0.3, 0.4) is 0 Å². The molecule has 0 aromatic heterocycles. The van der Waals surface area contributed by atoms with Crippen molar-refractivity contribution >= 4 is 21.6 Å². The molecule has 1 radical (unpaired) electrons. The summed E-state index contributed by atoms with van der Waals surface area (Å²) in [7, 11) is 0. The zero-order chi connectivity index (χ0) is 5.28. The van der Waals surface area contributed by atoms with E-state index in [0.29, 0.717) is 0 Å². The van der Waals surface area contributed by atoms with E-state index < -0.39 is 0 Å². The fourth-order valence-corrected chi connectivity index (χ4v) is 3.12. The molecular formula is C6H8Sb. The summed E-state index contributed by atoms with van der Waals surface area (Å²) >= 11 is 0.0421. The maximum atomic E-state index is 2.40. The van der Waals surface area contributed by atoms with E-state index in [1.54, 1.807) is 0 Å². The van der Waals surface area contributed by atoms with Gasteiger partial charge >= 0.3 is 54.7 Å². The Hall–Kier alpha value is 0.298. The van der Waals surface area contributed by atoms with Gasteiger partial charge < -0.3 is 0 Å². The fraction of sp³-hybridized carbons (Fsp3) is 0.333. The number of hydrogen-bond acceptors (Lipinski definition) is 0. The molecule has 1 aliphatic heterocycles. The van der Waals surface area contributed by atoms with Crippen molar-refractivity contribution < 1.29 is 0 Å². The predicted octanol–water partition coefficient (Wildman–Crippen LogP) is 1.51. The first-order chi connectivity index (χ1) is 3.30. The first-order valence-electron chi connectivity index (χ1n) is 2.34. The fourth-order valence-electron chi connectivity index (χ4n) is 0.465. The van der Waals surface area contributed by atoms with E-state index in [1.165, 1.54) is 11.1 Å². The van der Waals surface area contributed by atoms with Crippen molar-refractivity contribution in [3.63, 3.8) is 0 Å². The van der Waals surface area contributed by atoms with Crippen LogP contribution in [0.15, 0.2) is 19.2 Å². The average Bonchev–Trinajstić information content (AvgIpc) is 1.91. The van der Waals surface area contributed by atoms with E-state index in [0.717, 1.165) is 0 Å². The van der Waals surface area contributed by atoms with Gasteiger partial charge in [-0.3, -0.25) is 0 Å². The second-order valence-electron chi connectivity index (χ2n) is 1.77. The van der Waals surface area contributed by atoms with Crippen LogP contribution in [-0.2, 0) is 0 Å². The Bertz CT molecular complexity index is 115. The van der Waals surface area contributed by atoms with E-state index in [9.17, 15) is 0 Å². The molecule has 0 aliphatic carbocycles. The van der Waals surface area contributed by atoms with Crippen molar-refractivity contribution in [3.8, 4) is 0 Å². The van der Waals surface area contributed by atoms with Gasteiger partial charge in [0.25, 0.3) is 0 Å². The molecule has 0 unspecified atom stereocenters. The van der Waals surface area contributed by atoms with E-state index in [4.69, 9.17) is 0 Å². The molecule has 0 atom stereocenters. The van der Waals surface area contributed by atoms with Crippen molar-refractivity contribution in [2.45, 2.75) is 13.8 Å². The normalized spacial score (nSPS) is 19.1. The third-order valence-electron chi connectivity index (χ3n) is 1.16. The van der Waals surface area contributed by atoms with Gasteiger partial charge in [-0.25, -0.2) is 0 Å². The number of allylic oxidation sites excluding steroid dienone is 2. The second kappa shape index (κ2) is 2.04. The Morgan fingerprint density at radius 1 is 1.14 bits per heavy atom. The van der Waals surface area contributed by atoms with Gasteiger partial charge in [-0.15, -0.1) is 0 Å². The molecule has 1 heterocycles. The summed E-state index contributed by atoms with van der Waals surface area (Å²) in [5, 5.41) is 0. The Morgan fingerprint density at radius 2 is 1.57 bits per heavy atom. The van der Waals surface area contributed by atoms with Gasteiger partial charge in [-0.2, -0.15) is 0 Å². The summed E-state index contributed by atoms with van der Waals surface area (Å²) in [5.41, 5.74) is 3.02. The van der Waals surface area contributed by atoms with Gasteiger partial charge in [0.15, 0.2) is 0 Å². The topological polar surface area (TPSA) is 0 Å². The van der Waals surface area contributed by atoms with Crippen molar-refractivity contribution in [1.82, 2.24) is 0 Å². The molecule has 0 fully saturated rings. The van der Waals surface area contributed by atoms with E-state index in [1.807, 2.05) is 0 Å². The number of hydrogen-bond donors (Lipinski definition) is 0. The zero-order valence-electron chi connectivity index (χ0n) is 4.60.